The van der Waals surface area contributed by atoms with Crippen LogP contribution < -0.4 is 9.80 Å². The Bertz CT molecular complexity index is 295. The quantitative estimate of drug-likeness (QED) is 0.573. The Balaban J connectivity index is 2.19. The molecule has 1 fully saturated rings. The van der Waals surface area contributed by atoms with Crippen LogP contribution in [0.4, 0.5) is 11.4 Å². The first kappa shape index (κ1) is 6.29. The predicted octanol–water partition coefficient (Wildman–Crippen LogP) is 1.41. The topological polar surface area (TPSA) is 19.4 Å². The second-order valence-electron chi connectivity index (χ2n) is 3.44. The molecule has 4 heterocycles. The van der Waals surface area contributed by atoms with Crippen molar-refractivity contribution in [3.8, 4) is 0 Å². The van der Waals surface area contributed by atoms with Gasteiger partial charge in [-0.15, -0.1) is 0 Å². The van der Waals surface area contributed by atoms with E-state index in [9.17, 15) is 0 Å². The molecule has 0 unspecified atom stereocenters. The van der Waals surface area contributed by atoms with Crippen molar-refractivity contribution < 1.29 is 0 Å². The molecule has 1 aromatic rings. The van der Waals surface area contributed by atoms with Crippen LogP contribution in [0.15, 0.2) is 18.5 Å². The first-order valence-electron chi connectivity index (χ1n) is 4.31. The van der Waals surface area contributed by atoms with Crippen molar-refractivity contribution in [1.82, 2.24) is 4.98 Å². The summed E-state index contributed by atoms with van der Waals surface area (Å²) in [6.07, 6.45) is 4.90. The highest BCUT2D eigenvalue weighted by Gasteiger charge is 2.49. The van der Waals surface area contributed by atoms with Gasteiger partial charge in [-0.05, 0) is 19.9 Å². The lowest BCUT2D eigenvalue weighted by Crippen LogP contribution is -2.64. The van der Waals surface area contributed by atoms with E-state index in [2.05, 4.69) is 34.7 Å². The zero-order valence-corrected chi connectivity index (χ0v) is 7.23. The number of pyridine rings is 1. The van der Waals surface area contributed by atoms with E-state index in [-0.39, 0.29) is 0 Å². The zero-order chi connectivity index (χ0) is 8.29. The Morgan fingerprint density at radius 3 is 2.50 bits per heavy atom. The largest absolute Gasteiger partial charge is 0.329 e. The van der Waals surface area contributed by atoms with Crippen LogP contribution in [0.5, 0.6) is 0 Å². The molecule has 0 aromatic carbocycles. The molecule has 0 saturated carbocycles. The minimum Gasteiger partial charge on any atom is -0.329 e. The van der Waals surface area contributed by atoms with Crippen LogP contribution in [0, 0.1) is 0 Å². The molecule has 3 aliphatic rings. The van der Waals surface area contributed by atoms with Crippen LogP contribution in [-0.4, -0.2) is 17.3 Å². The van der Waals surface area contributed by atoms with Crippen LogP contribution in [0.3, 0.4) is 0 Å². The average Bonchev–Trinajstić information content (AvgIpc) is 2.53. The lowest BCUT2D eigenvalue weighted by Gasteiger charge is -2.48. The highest BCUT2D eigenvalue weighted by molar-refractivity contribution is 5.83. The highest BCUT2D eigenvalue weighted by Crippen LogP contribution is 2.49. The fourth-order valence-electron chi connectivity index (χ4n) is 2.42. The van der Waals surface area contributed by atoms with Crippen LogP contribution in [0.25, 0.3) is 0 Å². The number of aromatic nitrogens is 1. The second-order valence-corrected chi connectivity index (χ2v) is 3.44. The molecular formula is C9H11N3. The first-order valence-corrected chi connectivity index (χ1v) is 4.31. The lowest BCUT2D eigenvalue weighted by atomic mass is 10.2. The maximum atomic E-state index is 4.13. The zero-order valence-electron chi connectivity index (χ0n) is 7.23. The summed E-state index contributed by atoms with van der Waals surface area (Å²) in [5, 5.41) is 0. The van der Waals surface area contributed by atoms with Gasteiger partial charge in [-0.3, -0.25) is 4.98 Å². The molecule has 3 heteroatoms. The Morgan fingerprint density at radius 1 is 1.17 bits per heavy atom. The van der Waals surface area contributed by atoms with Gasteiger partial charge in [0.2, 0.25) is 0 Å². The summed E-state index contributed by atoms with van der Waals surface area (Å²) in [5.41, 5.74) is 2.63. The third-order valence-corrected chi connectivity index (χ3v) is 2.94. The van der Waals surface area contributed by atoms with Gasteiger partial charge in [0.05, 0.1) is 17.6 Å². The Labute approximate surface area is 71.6 Å². The van der Waals surface area contributed by atoms with Gasteiger partial charge in [-0.2, -0.15) is 0 Å². The molecule has 1 aromatic heterocycles. The standard InChI is InChI=1S/C9H11N3/c1-6-11-7(2)12(6)9-5-10-4-3-8(9)11/h3-7H,1-2H3/t6-,7+. The van der Waals surface area contributed by atoms with Crippen molar-refractivity contribution >= 4 is 11.4 Å². The predicted molar refractivity (Wildman–Crippen MR) is 48.1 cm³/mol. The fourth-order valence-corrected chi connectivity index (χ4v) is 2.42. The second kappa shape index (κ2) is 1.73. The van der Waals surface area contributed by atoms with E-state index in [4.69, 9.17) is 0 Å². The Morgan fingerprint density at radius 2 is 1.83 bits per heavy atom. The summed E-state index contributed by atoms with van der Waals surface area (Å²) in [5.74, 6) is 0. The van der Waals surface area contributed by atoms with Gasteiger partial charge in [0, 0.05) is 6.20 Å². The van der Waals surface area contributed by atoms with E-state index >= 15 is 0 Å². The molecule has 4 rings (SSSR count). The van der Waals surface area contributed by atoms with E-state index in [0.29, 0.717) is 12.3 Å². The lowest BCUT2D eigenvalue weighted by molar-refractivity contribution is 0.412. The van der Waals surface area contributed by atoms with Gasteiger partial charge in [0.1, 0.15) is 12.3 Å². The van der Waals surface area contributed by atoms with E-state index in [0.717, 1.165) is 0 Å². The molecule has 1 saturated heterocycles. The van der Waals surface area contributed by atoms with Crippen molar-refractivity contribution in [1.29, 1.82) is 0 Å². The number of hydrogen-bond donors (Lipinski definition) is 0. The van der Waals surface area contributed by atoms with E-state index in [1.54, 1.807) is 0 Å². The molecular weight excluding hydrogens is 150 g/mol. The van der Waals surface area contributed by atoms with Gasteiger partial charge < -0.3 is 9.80 Å². The maximum absolute atomic E-state index is 4.13. The van der Waals surface area contributed by atoms with Crippen LogP contribution in [-0.2, 0) is 0 Å². The van der Waals surface area contributed by atoms with E-state index < -0.39 is 0 Å². The van der Waals surface area contributed by atoms with Crippen molar-refractivity contribution in [2.45, 2.75) is 26.2 Å². The van der Waals surface area contributed by atoms with Gasteiger partial charge in [-0.25, -0.2) is 0 Å². The van der Waals surface area contributed by atoms with Crippen LogP contribution >= 0.6 is 0 Å². The SMILES string of the molecule is C[C@@H]1N2c3ccncc3N1[C@H]2C. The van der Waals surface area contributed by atoms with Gasteiger partial charge >= 0.3 is 0 Å². The minimum atomic E-state index is 0.541. The van der Waals surface area contributed by atoms with Gasteiger partial charge in [0.15, 0.2) is 0 Å². The molecule has 62 valence electrons. The summed E-state index contributed by atoms with van der Waals surface area (Å²) in [7, 11) is 0. The first-order chi connectivity index (χ1) is 5.80. The number of anilines is 2. The van der Waals surface area contributed by atoms with Crippen molar-refractivity contribution in [3.05, 3.63) is 18.5 Å². The van der Waals surface area contributed by atoms with Crippen molar-refractivity contribution in [3.63, 3.8) is 0 Å². The number of rotatable bonds is 0. The summed E-state index contributed by atoms with van der Waals surface area (Å²) >= 11 is 0. The van der Waals surface area contributed by atoms with Crippen LogP contribution in [0.1, 0.15) is 13.8 Å². The smallest absolute Gasteiger partial charge is 0.103 e. The van der Waals surface area contributed by atoms with Gasteiger partial charge in [0.25, 0.3) is 0 Å². The molecule has 3 aliphatic heterocycles. The highest BCUT2D eigenvalue weighted by atomic mass is 15.6. The summed E-state index contributed by atoms with van der Waals surface area (Å²) < 4.78 is 0. The molecule has 0 radical (unpaired) electrons. The molecule has 12 heavy (non-hydrogen) atoms. The van der Waals surface area contributed by atoms with Crippen molar-refractivity contribution in [2.24, 2.45) is 0 Å². The fraction of sp³-hybridized carbons (Fsp3) is 0.444. The van der Waals surface area contributed by atoms with Crippen molar-refractivity contribution in [2.75, 3.05) is 9.80 Å². The number of nitrogens with zero attached hydrogens (tertiary/aromatic N) is 3. The summed E-state index contributed by atoms with van der Waals surface area (Å²) in [6, 6.07) is 2.09. The third kappa shape index (κ3) is 0.461. The molecule has 3 nitrogen and oxygen atoms in total. The minimum absolute atomic E-state index is 0.541. The monoisotopic (exact) mass is 161 g/mol. The Kier molecular flexibility index (Phi) is 0.908. The third-order valence-electron chi connectivity index (χ3n) is 2.94. The summed E-state index contributed by atoms with van der Waals surface area (Å²) in [6.45, 7) is 4.44. The van der Waals surface area contributed by atoms with Gasteiger partial charge in [-0.1, -0.05) is 0 Å². The molecule has 2 atom stereocenters. The molecule has 0 aliphatic carbocycles. The molecule has 2 bridgehead atoms. The molecule has 0 amide bonds. The summed E-state index contributed by atoms with van der Waals surface area (Å²) in [4.78, 5) is 8.94. The van der Waals surface area contributed by atoms with Crippen LogP contribution in [0.2, 0.25) is 0 Å². The maximum Gasteiger partial charge on any atom is 0.103 e. The van der Waals surface area contributed by atoms with E-state index in [1.807, 2.05) is 12.4 Å². The average molecular weight is 161 g/mol. The molecule has 0 N–H and O–H groups in total. The molecule has 0 spiro atoms. The normalized spacial score (nSPS) is 30.2. The van der Waals surface area contributed by atoms with E-state index in [1.165, 1.54) is 11.4 Å². The number of hydrogen-bond acceptors (Lipinski definition) is 3. The Hall–Kier alpha value is -1.25.